The second-order valence-electron chi connectivity index (χ2n) is 8.34. The molecule has 32 heavy (non-hydrogen) atoms. The maximum atomic E-state index is 12.8. The lowest BCUT2D eigenvalue weighted by molar-refractivity contribution is -0.169. The van der Waals surface area contributed by atoms with E-state index >= 15 is 0 Å². The Morgan fingerprint density at radius 2 is 2.12 bits per heavy atom. The van der Waals surface area contributed by atoms with Gasteiger partial charge in [0.15, 0.2) is 12.0 Å². The quantitative estimate of drug-likeness (QED) is 0.659. The molecule has 0 spiro atoms. The van der Waals surface area contributed by atoms with Crippen molar-refractivity contribution in [3.63, 3.8) is 0 Å². The van der Waals surface area contributed by atoms with E-state index in [1.54, 1.807) is 18.0 Å². The van der Waals surface area contributed by atoms with Crippen molar-refractivity contribution < 1.29 is 24.1 Å². The third-order valence-corrected chi connectivity index (χ3v) is 6.04. The summed E-state index contributed by atoms with van der Waals surface area (Å²) in [6.45, 7) is 3.97. The topological polar surface area (TPSA) is 112 Å². The van der Waals surface area contributed by atoms with Crippen molar-refractivity contribution in [1.29, 1.82) is 0 Å². The minimum atomic E-state index is -0.428. The van der Waals surface area contributed by atoms with E-state index < -0.39 is 6.09 Å². The van der Waals surface area contributed by atoms with Gasteiger partial charge in [-0.3, -0.25) is 0 Å². The second kappa shape index (κ2) is 10.3. The smallest absolute Gasteiger partial charge is 0.416 e. The average molecular weight is 446 g/mol. The molecule has 1 amide bonds. The zero-order valence-electron chi connectivity index (χ0n) is 18.7. The lowest BCUT2D eigenvalue weighted by Gasteiger charge is -2.31. The molecule has 1 saturated heterocycles. The van der Waals surface area contributed by atoms with Crippen LogP contribution in [0.1, 0.15) is 51.1 Å². The van der Waals surface area contributed by atoms with Gasteiger partial charge in [-0.25, -0.2) is 14.5 Å². The Bertz CT molecular complexity index is 923. The molecule has 174 valence electrons. The predicted octanol–water partition coefficient (Wildman–Crippen LogP) is 3.25. The maximum absolute atomic E-state index is 12.8. The summed E-state index contributed by atoms with van der Waals surface area (Å²) in [5.74, 6) is 0.772. The number of hydrogen-bond acceptors (Lipinski definition) is 8. The zero-order chi connectivity index (χ0) is 22.5. The summed E-state index contributed by atoms with van der Waals surface area (Å²) < 4.78 is 18.4. The Balaban J connectivity index is 1.48. The van der Waals surface area contributed by atoms with Gasteiger partial charge in [0.1, 0.15) is 11.4 Å². The number of aryl methyl sites for hydroxylation is 1. The van der Waals surface area contributed by atoms with Crippen LogP contribution in [0.2, 0.25) is 0 Å². The number of aromatic nitrogens is 4. The summed E-state index contributed by atoms with van der Waals surface area (Å²) in [6, 6.07) is 3.14. The highest BCUT2D eigenvalue weighted by Gasteiger charge is 2.26. The second-order valence-corrected chi connectivity index (χ2v) is 8.34. The summed E-state index contributed by atoms with van der Waals surface area (Å²) in [6.07, 6.45) is 5.70. The van der Waals surface area contributed by atoms with Gasteiger partial charge in [-0.15, -0.1) is 5.10 Å². The minimum absolute atomic E-state index is 0.0182. The van der Waals surface area contributed by atoms with Gasteiger partial charge in [-0.2, -0.15) is 0 Å². The Labute approximate surface area is 187 Å². The zero-order valence-corrected chi connectivity index (χ0v) is 18.7. The molecule has 2 fully saturated rings. The van der Waals surface area contributed by atoms with E-state index in [-0.39, 0.29) is 24.5 Å². The number of amides is 1. The van der Waals surface area contributed by atoms with E-state index in [1.165, 1.54) is 17.2 Å². The molecule has 1 N–H and O–H groups in total. The average Bonchev–Trinajstić information content (AvgIpc) is 3.13. The van der Waals surface area contributed by atoms with E-state index in [2.05, 4.69) is 15.3 Å². The van der Waals surface area contributed by atoms with Crippen LogP contribution in [0.4, 0.5) is 4.79 Å². The lowest BCUT2D eigenvalue weighted by atomic mass is 9.85. The molecular weight excluding hydrogens is 414 g/mol. The van der Waals surface area contributed by atoms with Crippen molar-refractivity contribution >= 4 is 6.09 Å². The van der Waals surface area contributed by atoms with Gasteiger partial charge in [-0.1, -0.05) is 11.6 Å². The molecule has 3 heterocycles. The SMILES string of the molecule is CCN(CC1CCC1)C(=O)Oc1c(-c2ccc(O)c(COC3CCCCO3)n2)nnn1C. The van der Waals surface area contributed by atoms with Crippen molar-refractivity contribution in [3.8, 4) is 23.0 Å². The number of carbonyl (C=O) groups is 1. The molecule has 4 rings (SSSR count). The number of carbonyl (C=O) groups excluding carboxylic acids is 1. The Kier molecular flexibility index (Phi) is 7.21. The first-order chi connectivity index (χ1) is 15.5. The number of aromatic hydroxyl groups is 1. The number of nitrogens with zero attached hydrogens (tertiary/aromatic N) is 5. The largest absolute Gasteiger partial charge is 0.506 e. The standard InChI is InChI=1S/C22H31N5O5/c1-3-27(13-15-7-6-8-15)22(29)32-21-20(24-25-26(21)2)16-10-11-18(28)17(23-16)14-31-19-9-4-5-12-30-19/h10-11,15,19,28H,3-9,12-14H2,1-2H3. The Hall–Kier alpha value is -2.72. The third kappa shape index (κ3) is 5.18. The van der Waals surface area contributed by atoms with Crippen molar-refractivity contribution in [2.45, 2.75) is 58.3 Å². The van der Waals surface area contributed by atoms with Crippen LogP contribution in [0, 0.1) is 5.92 Å². The maximum Gasteiger partial charge on any atom is 0.416 e. The first-order valence-corrected chi connectivity index (χ1v) is 11.3. The van der Waals surface area contributed by atoms with Crippen molar-refractivity contribution in [2.24, 2.45) is 13.0 Å². The first-order valence-electron chi connectivity index (χ1n) is 11.3. The summed E-state index contributed by atoms with van der Waals surface area (Å²) in [7, 11) is 1.66. The van der Waals surface area contributed by atoms with Crippen LogP contribution in [0.15, 0.2) is 12.1 Å². The van der Waals surface area contributed by atoms with E-state index in [4.69, 9.17) is 14.2 Å². The summed E-state index contributed by atoms with van der Waals surface area (Å²) in [4.78, 5) is 19.0. The minimum Gasteiger partial charge on any atom is -0.506 e. The number of hydrogen-bond donors (Lipinski definition) is 1. The highest BCUT2D eigenvalue weighted by molar-refractivity contribution is 5.73. The molecule has 2 aromatic rings. The third-order valence-electron chi connectivity index (χ3n) is 6.04. The molecule has 1 aliphatic carbocycles. The normalized spacial score (nSPS) is 18.9. The van der Waals surface area contributed by atoms with Crippen LogP contribution in [-0.4, -0.2) is 62.1 Å². The van der Waals surface area contributed by atoms with E-state index in [9.17, 15) is 9.90 Å². The molecule has 10 heteroatoms. The molecule has 0 bridgehead atoms. The predicted molar refractivity (Wildman–Crippen MR) is 115 cm³/mol. The summed E-state index contributed by atoms with van der Waals surface area (Å²) in [5.41, 5.74) is 1.12. The van der Waals surface area contributed by atoms with Gasteiger partial charge >= 0.3 is 6.09 Å². The molecule has 0 radical (unpaired) electrons. The van der Waals surface area contributed by atoms with E-state index in [0.29, 0.717) is 42.7 Å². The molecule has 2 aliphatic rings. The molecule has 2 aromatic heterocycles. The van der Waals surface area contributed by atoms with Crippen molar-refractivity contribution in [2.75, 3.05) is 19.7 Å². The Morgan fingerprint density at radius 1 is 1.28 bits per heavy atom. The van der Waals surface area contributed by atoms with Gasteiger partial charge in [0.25, 0.3) is 5.88 Å². The van der Waals surface area contributed by atoms with Gasteiger partial charge in [-0.05, 0) is 57.1 Å². The fraction of sp³-hybridized carbons (Fsp3) is 0.636. The van der Waals surface area contributed by atoms with Crippen LogP contribution in [0.5, 0.6) is 11.6 Å². The molecule has 1 saturated carbocycles. The van der Waals surface area contributed by atoms with Gasteiger partial charge < -0.3 is 24.2 Å². The monoisotopic (exact) mass is 445 g/mol. The summed E-state index contributed by atoms with van der Waals surface area (Å²) >= 11 is 0. The van der Waals surface area contributed by atoms with Crippen molar-refractivity contribution in [1.82, 2.24) is 24.9 Å². The molecule has 1 atom stereocenters. The molecule has 0 aromatic carbocycles. The van der Waals surface area contributed by atoms with E-state index in [1.807, 2.05) is 6.92 Å². The molecule has 10 nitrogen and oxygen atoms in total. The van der Waals surface area contributed by atoms with E-state index in [0.717, 1.165) is 32.1 Å². The molecule has 1 unspecified atom stereocenters. The first kappa shape index (κ1) is 22.5. The van der Waals surface area contributed by atoms with Gasteiger partial charge in [0, 0.05) is 26.7 Å². The van der Waals surface area contributed by atoms with Gasteiger partial charge in [0.05, 0.1) is 12.3 Å². The fourth-order valence-electron chi connectivity index (χ4n) is 3.84. The van der Waals surface area contributed by atoms with Crippen molar-refractivity contribution in [3.05, 3.63) is 17.8 Å². The van der Waals surface area contributed by atoms with Crippen LogP contribution in [-0.2, 0) is 23.1 Å². The highest BCUT2D eigenvalue weighted by Crippen LogP contribution is 2.30. The van der Waals surface area contributed by atoms with Crippen LogP contribution in [0.25, 0.3) is 11.4 Å². The highest BCUT2D eigenvalue weighted by atomic mass is 16.7. The van der Waals surface area contributed by atoms with Crippen LogP contribution in [0.3, 0.4) is 0 Å². The van der Waals surface area contributed by atoms with Crippen LogP contribution < -0.4 is 4.74 Å². The molecular formula is C22H31N5O5. The fourth-order valence-corrected chi connectivity index (χ4v) is 3.84. The summed E-state index contributed by atoms with van der Waals surface area (Å²) in [5, 5.41) is 18.4. The Morgan fingerprint density at radius 3 is 2.81 bits per heavy atom. The molecule has 1 aliphatic heterocycles. The lowest BCUT2D eigenvalue weighted by Crippen LogP contribution is -2.39. The number of ether oxygens (including phenoxy) is 3. The van der Waals surface area contributed by atoms with Gasteiger partial charge in [0.2, 0.25) is 0 Å². The van der Waals surface area contributed by atoms with Crippen LogP contribution >= 0.6 is 0 Å². The number of pyridine rings is 1. The number of rotatable bonds is 8.